The fraction of sp³-hybridized carbons (Fsp3) is 0.375. The van der Waals surface area contributed by atoms with Crippen LogP contribution in [0.1, 0.15) is 17.2 Å². The molecule has 1 N–H and O–H groups in total. The number of rotatable bonds is 2. The quantitative estimate of drug-likeness (QED) is 0.752. The molecule has 0 radical (unpaired) electrons. The van der Waals surface area contributed by atoms with Gasteiger partial charge in [-0.15, -0.1) is 5.10 Å². The summed E-state index contributed by atoms with van der Waals surface area (Å²) in [7, 11) is -4.11. The van der Waals surface area contributed by atoms with Crippen LogP contribution in [-0.4, -0.2) is 32.6 Å². The van der Waals surface area contributed by atoms with E-state index in [-0.39, 0.29) is 5.82 Å². The molecule has 2 aromatic rings. The largest absolute Gasteiger partial charge is 0.285 e. The minimum absolute atomic E-state index is 0.0312. The van der Waals surface area contributed by atoms with Crippen LogP contribution < -0.4 is 0 Å². The van der Waals surface area contributed by atoms with E-state index in [1.165, 1.54) is 4.52 Å². The summed E-state index contributed by atoms with van der Waals surface area (Å²) in [5, 5.41) is 3.94. The molecule has 0 aliphatic rings. The molecule has 0 bridgehead atoms. The summed E-state index contributed by atoms with van der Waals surface area (Å²) in [5.41, 5.74) is 1.58. The zero-order chi connectivity index (χ0) is 11.9. The molecule has 2 heterocycles. The molecule has 0 aromatic carbocycles. The van der Waals surface area contributed by atoms with E-state index in [1.54, 1.807) is 6.07 Å². The molecule has 0 atom stereocenters. The molecule has 86 valence electrons. The van der Waals surface area contributed by atoms with Gasteiger partial charge in [0, 0.05) is 11.4 Å². The van der Waals surface area contributed by atoms with Crippen LogP contribution in [0.4, 0.5) is 0 Å². The molecule has 0 spiro atoms. The van der Waals surface area contributed by atoms with Gasteiger partial charge in [0.1, 0.15) is 5.75 Å². The van der Waals surface area contributed by atoms with Crippen molar-refractivity contribution < 1.29 is 13.0 Å². The van der Waals surface area contributed by atoms with Gasteiger partial charge in [-0.05, 0) is 19.9 Å². The minimum atomic E-state index is -4.11. The molecule has 0 aliphatic carbocycles. The van der Waals surface area contributed by atoms with Gasteiger partial charge in [0.05, 0.1) is 0 Å². The third-order valence-electron chi connectivity index (χ3n) is 1.97. The van der Waals surface area contributed by atoms with Crippen molar-refractivity contribution in [3.8, 4) is 0 Å². The molecule has 7 nitrogen and oxygen atoms in total. The summed E-state index contributed by atoms with van der Waals surface area (Å²) in [5.74, 6) is -0.241. The molecule has 2 aromatic heterocycles. The van der Waals surface area contributed by atoms with E-state index in [0.717, 1.165) is 11.4 Å². The average Bonchev–Trinajstić information content (AvgIpc) is 2.43. The van der Waals surface area contributed by atoms with Crippen LogP contribution in [0.25, 0.3) is 5.78 Å². The number of hydrogen-bond donors (Lipinski definition) is 1. The first-order valence-corrected chi connectivity index (χ1v) is 6.11. The fourth-order valence-corrected chi connectivity index (χ4v) is 1.88. The summed E-state index contributed by atoms with van der Waals surface area (Å²) in [6.45, 7) is 3.62. The highest BCUT2D eigenvalue weighted by Gasteiger charge is 2.13. The van der Waals surface area contributed by atoms with E-state index >= 15 is 0 Å². The molecular formula is C8H10N4O3S. The molecule has 0 saturated carbocycles. The first-order valence-electron chi connectivity index (χ1n) is 4.50. The molecule has 0 aliphatic heterocycles. The van der Waals surface area contributed by atoms with Crippen molar-refractivity contribution in [3.63, 3.8) is 0 Å². The summed E-state index contributed by atoms with van der Waals surface area (Å²) in [6.07, 6.45) is 0. The monoisotopic (exact) mass is 242 g/mol. The second-order valence-electron chi connectivity index (χ2n) is 3.50. The lowest BCUT2D eigenvalue weighted by atomic mass is 10.4. The summed E-state index contributed by atoms with van der Waals surface area (Å²) >= 11 is 0. The zero-order valence-electron chi connectivity index (χ0n) is 8.75. The Balaban J connectivity index is 2.56. The normalized spacial score (nSPS) is 12.2. The number of aryl methyl sites for hydroxylation is 2. The average molecular weight is 242 g/mol. The maximum Gasteiger partial charge on any atom is 0.272 e. The first-order chi connectivity index (χ1) is 7.35. The van der Waals surface area contributed by atoms with Crippen LogP contribution in [-0.2, 0) is 15.9 Å². The van der Waals surface area contributed by atoms with Crippen molar-refractivity contribution in [2.24, 2.45) is 0 Å². The number of fused-ring (bicyclic) bond motifs is 1. The van der Waals surface area contributed by atoms with E-state index in [9.17, 15) is 8.42 Å². The highest BCUT2D eigenvalue weighted by molar-refractivity contribution is 7.84. The minimum Gasteiger partial charge on any atom is -0.285 e. The van der Waals surface area contributed by atoms with Crippen molar-refractivity contribution in [2.45, 2.75) is 19.6 Å². The van der Waals surface area contributed by atoms with Gasteiger partial charge in [-0.1, -0.05) is 0 Å². The van der Waals surface area contributed by atoms with Gasteiger partial charge in [-0.3, -0.25) is 4.55 Å². The predicted molar refractivity (Wildman–Crippen MR) is 55.5 cm³/mol. The third-order valence-corrected chi connectivity index (χ3v) is 2.60. The molecule has 0 saturated heterocycles. The second kappa shape index (κ2) is 3.49. The number of hydrogen-bond acceptors (Lipinski definition) is 5. The maximum absolute atomic E-state index is 10.7. The van der Waals surface area contributed by atoms with Crippen LogP contribution >= 0.6 is 0 Å². The molecule has 16 heavy (non-hydrogen) atoms. The molecule has 0 unspecified atom stereocenters. The van der Waals surface area contributed by atoms with Gasteiger partial charge in [-0.25, -0.2) is 9.50 Å². The highest BCUT2D eigenvalue weighted by Crippen LogP contribution is 2.06. The topological polar surface area (TPSA) is 97.5 Å². The highest BCUT2D eigenvalue weighted by atomic mass is 32.2. The van der Waals surface area contributed by atoms with Crippen LogP contribution in [0.3, 0.4) is 0 Å². The summed E-state index contributed by atoms with van der Waals surface area (Å²) < 4.78 is 31.5. The van der Waals surface area contributed by atoms with Crippen LogP contribution in [0, 0.1) is 13.8 Å². The van der Waals surface area contributed by atoms with Crippen LogP contribution in [0.5, 0.6) is 0 Å². The maximum atomic E-state index is 10.7. The van der Waals surface area contributed by atoms with Crippen LogP contribution in [0.15, 0.2) is 6.07 Å². The van der Waals surface area contributed by atoms with Gasteiger partial charge >= 0.3 is 0 Å². The third kappa shape index (κ3) is 2.17. The Morgan fingerprint density at radius 1 is 1.38 bits per heavy atom. The Hall–Kier alpha value is -1.54. The second-order valence-corrected chi connectivity index (χ2v) is 4.96. The Labute approximate surface area is 91.9 Å². The standard InChI is InChI=1S/C8H10N4O3S/c1-5-3-6(2)12-8(9-5)10-7(11-12)4-16(13,14)15/h3H,4H2,1-2H3,(H,13,14,15). The van der Waals surface area contributed by atoms with Crippen molar-refractivity contribution in [3.05, 3.63) is 23.3 Å². The van der Waals surface area contributed by atoms with Gasteiger partial charge in [-0.2, -0.15) is 13.4 Å². The van der Waals surface area contributed by atoms with E-state index in [4.69, 9.17) is 4.55 Å². The van der Waals surface area contributed by atoms with Gasteiger partial charge in [0.15, 0.2) is 5.82 Å². The summed E-state index contributed by atoms with van der Waals surface area (Å²) in [4.78, 5) is 8.02. The van der Waals surface area contributed by atoms with Crippen molar-refractivity contribution in [2.75, 3.05) is 0 Å². The SMILES string of the molecule is Cc1cc(C)n2nc(CS(=O)(=O)O)nc2n1. The Morgan fingerprint density at radius 2 is 2.06 bits per heavy atom. The summed E-state index contributed by atoms with van der Waals surface area (Å²) in [6, 6.07) is 1.80. The lowest BCUT2D eigenvalue weighted by Crippen LogP contribution is -2.03. The lowest BCUT2D eigenvalue weighted by Gasteiger charge is -1.97. The molecule has 0 amide bonds. The Morgan fingerprint density at radius 3 is 2.69 bits per heavy atom. The lowest BCUT2D eigenvalue weighted by molar-refractivity contribution is 0.480. The first kappa shape index (κ1) is 11.0. The van der Waals surface area contributed by atoms with E-state index in [2.05, 4.69) is 15.1 Å². The molecule has 2 rings (SSSR count). The zero-order valence-corrected chi connectivity index (χ0v) is 9.56. The molecule has 0 fully saturated rings. The van der Waals surface area contributed by atoms with Gasteiger partial charge in [0.25, 0.3) is 15.9 Å². The number of aromatic nitrogens is 4. The fourth-order valence-electron chi connectivity index (χ4n) is 1.43. The molecule has 8 heteroatoms. The Kier molecular flexibility index (Phi) is 2.39. The van der Waals surface area contributed by atoms with Gasteiger partial charge in [0.2, 0.25) is 0 Å². The molecular weight excluding hydrogens is 232 g/mol. The Bertz CT molecular complexity index is 647. The smallest absolute Gasteiger partial charge is 0.272 e. The van der Waals surface area contributed by atoms with Crippen molar-refractivity contribution in [1.29, 1.82) is 0 Å². The van der Waals surface area contributed by atoms with Crippen molar-refractivity contribution >= 4 is 15.9 Å². The van der Waals surface area contributed by atoms with Crippen molar-refractivity contribution in [1.82, 2.24) is 19.6 Å². The number of nitrogens with zero attached hydrogens (tertiary/aromatic N) is 4. The van der Waals surface area contributed by atoms with E-state index in [0.29, 0.717) is 5.78 Å². The van der Waals surface area contributed by atoms with Crippen LogP contribution in [0.2, 0.25) is 0 Å². The van der Waals surface area contributed by atoms with Gasteiger partial charge < -0.3 is 0 Å². The predicted octanol–water partition coefficient (Wildman–Crippen LogP) is 0.129. The van der Waals surface area contributed by atoms with E-state index < -0.39 is 15.9 Å². The van der Waals surface area contributed by atoms with E-state index in [1.807, 2.05) is 13.8 Å².